The lowest BCUT2D eigenvalue weighted by atomic mass is 10.0. The lowest BCUT2D eigenvalue weighted by molar-refractivity contribution is 0.303. The Bertz CT molecular complexity index is 598. The van der Waals surface area contributed by atoms with Gasteiger partial charge in [-0.15, -0.1) is 0 Å². The van der Waals surface area contributed by atoms with Crippen LogP contribution in [-0.4, -0.2) is 25.0 Å². The van der Waals surface area contributed by atoms with Crippen LogP contribution in [0.5, 0.6) is 0 Å². The first kappa shape index (κ1) is 14.6. The molecule has 0 spiro atoms. The first-order valence-corrected chi connectivity index (χ1v) is 7.28. The summed E-state index contributed by atoms with van der Waals surface area (Å²) in [5.41, 5.74) is 1.36. The minimum Gasteiger partial charge on any atom is -0.305 e. The van der Waals surface area contributed by atoms with E-state index in [2.05, 4.69) is 67.4 Å². The SMILES string of the molecule is CCC(C#N)CN(C)CCc1ccc2ccccc2c1. The van der Waals surface area contributed by atoms with E-state index < -0.39 is 0 Å². The molecular formula is C18H22N2. The van der Waals surface area contributed by atoms with Gasteiger partial charge in [0.05, 0.1) is 12.0 Å². The van der Waals surface area contributed by atoms with E-state index >= 15 is 0 Å². The number of nitrogens with zero attached hydrogens (tertiary/aromatic N) is 2. The minimum atomic E-state index is 0.150. The van der Waals surface area contributed by atoms with Crippen molar-refractivity contribution < 1.29 is 0 Å². The lowest BCUT2D eigenvalue weighted by Gasteiger charge is -2.19. The van der Waals surface area contributed by atoms with Crippen molar-refractivity contribution in [1.82, 2.24) is 4.90 Å². The molecule has 0 saturated carbocycles. The van der Waals surface area contributed by atoms with E-state index in [1.807, 2.05) is 0 Å². The second-order valence-electron chi connectivity index (χ2n) is 5.43. The number of hydrogen-bond donors (Lipinski definition) is 0. The molecule has 0 aromatic heterocycles. The van der Waals surface area contributed by atoms with Gasteiger partial charge in [0, 0.05) is 13.1 Å². The summed E-state index contributed by atoms with van der Waals surface area (Å²) in [6.07, 6.45) is 1.96. The topological polar surface area (TPSA) is 27.0 Å². The van der Waals surface area contributed by atoms with Gasteiger partial charge >= 0.3 is 0 Å². The fourth-order valence-corrected chi connectivity index (χ4v) is 2.44. The Morgan fingerprint density at radius 3 is 2.60 bits per heavy atom. The maximum Gasteiger partial charge on any atom is 0.0669 e. The highest BCUT2D eigenvalue weighted by atomic mass is 15.1. The Balaban J connectivity index is 1.94. The largest absolute Gasteiger partial charge is 0.305 e. The van der Waals surface area contributed by atoms with E-state index in [1.54, 1.807) is 0 Å². The molecule has 2 nitrogen and oxygen atoms in total. The second-order valence-corrected chi connectivity index (χ2v) is 5.43. The fourth-order valence-electron chi connectivity index (χ4n) is 2.44. The van der Waals surface area contributed by atoms with Crippen LogP contribution in [-0.2, 0) is 6.42 Å². The highest BCUT2D eigenvalue weighted by Crippen LogP contribution is 2.16. The van der Waals surface area contributed by atoms with Crippen molar-refractivity contribution >= 4 is 10.8 Å². The van der Waals surface area contributed by atoms with Gasteiger partial charge in [-0.25, -0.2) is 0 Å². The third-order valence-electron chi connectivity index (χ3n) is 3.80. The van der Waals surface area contributed by atoms with Gasteiger partial charge in [0.1, 0.15) is 0 Å². The summed E-state index contributed by atoms with van der Waals surface area (Å²) in [5.74, 6) is 0.150. The molecule has 1 atom stereocenters. The molecular weight excluding hydrogens is 244 g/mol. The van der Waals surface area contributed by atoms with Gasteiger partial charge in [0.25, 0.3) is 0 Å². The van der Waals surface area contributed by atoms with E-state index in [4.69, 9.17) is 5.26 Å². The molecule has 104 valence electrons. The van der Waals surface area contributed by atoms with Crippen molar-refractivity contribution in [3.8, 4) is 6.07 Å². The lowest BCUT2D eigenvalue weighted by Crippen LogP contribution is -2.27. The normalized spacial score (nSPS) is 12.5. The van der Waals surface area contributed by atoms with Gasteiger partial charge in [0.2, 0.25) is 0 Å². The Morgan fingerprint density at radius 1 is 1.15 bits per heavy atom. The van der Waals surface area contributed by atoms with Gasteiger partial charge in [-0.3, -0.25) is 0 Å². The Hall–Kier alpha value is -1.85. The first-order valence-electron chi connectivity index (χ1n) is 7.28. The molecule has 20 heavy (non-hydrogen) atoms. The zero-order chi connectivity index (χ0) is 14.4. The third kappa shape index (κ3) is 3.82. The predicted octanol–water partition coefficient (Wildman–Crippen LogP) is 3.86. The van der Waals surface area contributed by atoms with Crippen LogP contribution < -0.4 is 0 Å². The third-order valence-corrected chi connectivity index (χ3v) is 3.80. The van der Waals surface area contributed by atoms with E-state index in [0.29, 0.717) is 0 Å². The Labute approximate surface area is 121 Å². The van der Waals surface area contributed by atoms with Crippen molar-refractivity contribution in [2.75, 3.05) is 20.1 Å². The highest BCUT2D eigenvalue weighted by Gasteiger charge is 2.08. The monoisotopic (exact) mass is 266 g/mol. The molecule has 0 amide bonds. The van der Waals surface area contributed by atoms with Crippen molar-refractivity contribution in [2.45, 2.75) is 19.8 Å². The number of hydrogen-bond acceptors (Lipinski definition) is 2. The van der Waals surface area contributed by atoms with Gasteiger partial charge in [-0.1, -0.05) is 49.4 Å². The van der Waals surface area contributed by atoms with Crippen molar-refractivity contribution in [2.24, 2.45) is 5.92 Å². The average Bonchev–Trinajstić information content (AvgIpc) is 2.50. The molecule has 2 aromatic carbocycles. The van der Waals surface area contributed by atoms with Crippen LogP contribution in [0.4, 0.5) is 0 Å². The van der Waals surface area contributed by atoms with Gasteiger partial charge in [-0.2, -0.15) is 5.26 Å². The standard InChI is InChI=1S/C18H22N2/c1-3-15(13-19)14-20(2)11-10-16-8-9-17-6-4-5-7-18(17)12-16/h4-9,12,15H,3,10-11,14H2,1-2H3. The van der Waals surface area contributed by atoms with Crippen LogP contribution in [0.2, 0.25) is 0 Å². The number of likely N-dealkylation sites (N-methyl/N-ethyl adjacent to an activating group) is 1. The van der Waals surface area contributed by atoms with Crippen LogP contribution in [0.3, 0.4) is 0 Å². The second kappa shape index (κ2) is 7.07. The molecule has 2 aromatic rings. The smallest absolute Gasteiger partial charge is 0.0669 e. The molecule has 0 aliphatic heterocycles. The van der Waals surface area contributed by atoms with E-state index in [9.17, 15) is 0 Å². The number of benzene rings is 2. The van der Waals surface area contributed by atoms with E-state index in [0.717, 1.165) is 25.9 Å². The molecule has 0 heterocycles. The molecule has 2 rings (SSSR count). The van der Waals surface area contributed by atoms with Crippen LogP contribution in [0.15, 0.2) is 42.5 Å². The fraction of sp³-hybridized carbons (Fsp3) is 0.389. The van der Waals surface area contributed by atoms with Gasteiger partial charge in [-0.05, 0) is 36.2 Å². The molecule has 0 bridgehead atoms. The van der Waals surface area contributed by atoms with Crippen molar-refractivity contribution in [3.63, 3.8) is 0 Å². The molecule has 0 N–H and O–H groups in total. The van der Waals surface area contributed by atoms with Crippen LogP contribution >= 0.6 is 0 Å². The van der Waals surface area contributed by atoms with Crippen molar-refractivity contribution in [1.29, 1.82) is 5.26 Å². The van der Waals surface area contributed by atoms with Crippen LogP contribution in [0.1, 0.15) is 18.9 Å². The zero-order valence-electron chi connectivity index (χ0n) is 12.3. The number of rotatable bonds is 6. The first-order chi connectivity index (χ1) is 9.72. The quantitative estimate of drug-likeness (QED) is 0.793. The summed E-state index contributed by atoms with van der Waals surface area (Å²) in [6, 6.07) is 17.5. The molecule has 2 heteroatoms. The molecule has 0 aliphatic carbocycles. The van der Waals surface area contributed by atoms with Crippen LogP contribution in [0, 0.1) is 17.2 Å². The maximum atomic E-state index is 9.00. The number of fused-ring (bicyclic) bond motifs is 1. The summed E-state index contributed by atoms with van der Waals surface area (Å²) >= 11 is 0. The zero-order valence-corrected chi connectivity index (χ0v) is 12.3. The maximum absolute atomic E-state index is 9.00. The van der Waals surface area contributed by atoms with Crippen molar-refractivity contribution in [3.05, 3.63) is 48.0 Å². The summed E-state index contributed by atoms with van der Waals surface area (Å²) in [7, 11) is 2.10. The van der Waals surface area contributed by atoms with Gasteiger partial charge in [0.15, 0.2) is 0 Å². The molecule has 0 fully saturated rings. The number of nitriles is 1. The highest BCUT2D eigenvalue weighted by molar-refractivity contribution is 5.82. The summed E-state index contributed by atoms with van der Waals surface area (Å²) in [4.78, 5) is 2.26. The van der Waals surface area contributed by atoms with Crippen LogP contribution in [0.25, 0.3) is 10.8 Å². The molecule has 1 unspecified atom stereocenters. The molecule has 0 radical (unpaired) electrons. The summed E-state index contributed by atoms with van der Waals surface area (Å²) in [5, 5.41) is 11.6. The minimum absolute atomic E-state index is 0.150. The Kier molecular flexibility index (Phi) is 5.15. The van der Waals surface area contributed by atoms with E-state index in [-0.39, 0.29) is 5.92 Å². The molecule has 0 saturated heterocycles. The predicted molar refractivity (Wildman–Crippen MR) is 84.5 cm³/mol. The summed E-state index contributed by atoms with van der Waals surface area (Å²) in [6.45, 7) is 3.93. The Morgan fingerprint density at radius 2 is 1.90 bits per heavy atom. The van der Waals surface area contributed by atoms with E-state index in [1.165, 1.54) is 16.3 Å². The average molecular weight is 266 g/mol. The van der Waals surface area contributed by atoms with Gasteiger partial charge < -0.3 is 4.90 Å². The summed E-state index contributed by atoms with van der Waals surface area (Å²) < 4.78 is 0. The molecule has 0 aliphatic rings.